The number of pyridine rings is 3. The zero-order chi connectivity index (χ0) is 37.6. The molecule has 0 aliphatic carbocycles. The standard InChI is InChI=1S/C39H27N9O6/c49-46(50)37-34(43-31-13-7-25(8-14-31)28-4-1-19-40-22-28)38(47(51)52)36(45-33-17-11-27(12-18-33)30-6-3-21-42-24-30)39(48(53)54)35(37)44-32-15-9-26(10-16-32)29-5-2-20-41-23-29/h1-24,43-45H. The van der Waals surface area contributed by atoms with E-state index >= 15 is 0 Å². The number of benzene rings is 4. The van der Waals surface area contributed by atoms with Crippen LogP contribution in [0.1, 0.15) is 0 Å². The lowest BCUT2D eigenvalue weighted by atomic mass is 10.0. The molecule has 0 aliphatic heterocycles. The van der Waals surface area contributed by atoms with Crippen molar-refractivity contribution in [3.05, 3.63) is 177 Å². The van der Waals surface area contributed by atoms with Crippen molar-refractivity contribution in [2.45, 2.75) is 0 Å². The van der Waals surface area contributed by atoms with E-state index in [4.69, 9.17) is 0 Å². The molecule has 7 rings (SSSR count). The number of aromatic nitrogens is 3. The first-order chi connectivity index (χ1) is 26.3. The Hall–Kier alpha value is -8.07. The van der Waals surface area contributed by atoms with Gasteiger partial charge in [0.2, 0.25) is 17.1 Å². The van der Waals surface area contributed by atoms with Gasteiger partial charge in [-0.05, 0) is 88.0 Å². The second-order valence-corrected chi connectivity index (χ2v) is 11.8. The number of nitrogens with zero attached hydrogens (tertiary/aromatic N) is 6. The Balaban J connectivity index is 1.39. The summed E-state index contributed by atoms with van der Waals surface area (Å²) in [6.45, 7) is 0. The highest BCUT2D eigenvalue weighted by Crippen LogP contribution is 2.55. The van der Waals surface area contributed by atoms with Gasteiger partial charge in [-0.1, -0.05) is 54.6 Å². The highest BCUT2D eigenvalue weighted by Gasteiger charge is 2.43. The van der Waals surface area contributed by atoms with Crippen molar-refractivity contribution in [3.63, 3.8) is 0 Å². The van der Waals surface area contributed by atoms with Gasteiger partial charge in [0.1, 0.15) is 0 Å². The van der Waals surface area contributed by atoms with Gasteiger partial charge in [-0.25, -0.2) is 0 Å². The van der Waals surface area contributed by atoms with E-state index in [0.717, 1.165) is 33.4 Å². The molecular weight excluding hydrogens is 690 g/mol. The number of nitrogens with one attached hydrogen (secondary N) is 3. The molecule has 0 spiro atoms. The van der Waals surface area contributed by atoms with Gasteiger partial charge < -0.3 is 16.0 Å². The summed E-state index contributed by atoms with van der Waals surface area (Å²) in [5.74, 6) is 0. The van der Waals surface area contributed by atoms with E-state index in [-0.39, 0.29) is 17.1 Å². The Morgan fingerprint density at radius 2 is 0.630 bits per heavy atom. The molecule has 0 saturated heterocycles. The van der Waals surface area contributed by atoms with Crippen LogP contribution in [0.15, 0.2) is 146 Å². The first kappa shape index (κ1) is 34.4. The van der Waals surface area contributed by atoms with Gasteiger partial charge in [-0.3, -0.25) is 45.3 Å². The van der Waals surface area contributed by atoms with Crippen LogP contribution in [0, 0.1) is 30.3 Å². The van der Waals surface area contributed by atoms with Crippen molar-refractivity contribution < 1.29 is 14.8 Å². The number of hydrogen-bond acceptors (Lipinski definition) is 12. The van der Waals surface area contributed by atoms with Crippen molar-refractivity contribution in [1.82, 2.24) is 15.0 Å². The molecule has 15 nitrogen and oxygen atoms in total. The summed E-state index contributed by atoms with van der Waals surface area (Å²) in [6.07, 6.45) is 9.89. The molecule has 54 heavy (non-hydrogen) atoms. The second kappa shape index (κ2) is 15.0. The Morgan fingerprint density at radius 3 is 0.833 bits per heavy atom. The Kier molecular flexibility index (Phi) is 9.58. The van der Waals surface area contributed by atoms with Gasteiger partial charge in [-0.15, -0.1) is 0 Å². The van der Waals surface area contributed by atoms with Gasteiger partial charge in [0.05, 0.1) is 14.8 Å². The molecule has 15 heteroatoms. The molecule has 3 heterocycles. The fourth-order valence-corrected chi connectivity index (χ4v) is 5.89. The molecule has 0 saturated carbocycles. The van der Waals surface area contributed by atoms with E-state index in [0.29, 0.717) is 0 Å². The van der Waals surface area contributed by atoms with Crippen molar-refractivity contribution >= 4 is 51.2 Å². The van der Waals surface area contributed by atoms with Crippen molar-refractivity contribution in [3.8, 4) is 33.4 Å². The van der Waals surface area contributed by atoms with Crippen LogP contribution in [0.25, 0.3) is 33.4 Å². The summed E-state index contributed by atoms with van der Waals surface area (Å²) < 4.78 is 0. The monoisotopic (exact) mass is 717 g/mol. The van der Waals surface area contributed by atoms with Crippen LogP contribution in [0.5, 0.6) is 0 Å². The fourth-order valence-electron chi connectivity index (χ4n) is 5.89. The Bertz CT molecular complexity index is 2170. The number of anilines is 6. The van der Waals surface area contributed by atoms with Crippen LogP contribution in [0.4, 0.5) is 51.2 Å². The van der Waals surface area contributed by atoms with E-state index in [1.165, 1.54) is 0 Å². The average Bonchev–Trinajstić information content (AvgIpc) is 3.19. The lowest BCUT2D eigenvalue weighted by Crippen LogP contribution is -2.11. The fraction of sp³-hybridized carbons (Fsp3) is 0. The maximum atomic E-state index is 12.9. The third-order valence-electron chi connectivity index (χ3n) is 8.42. The molecule has 4 aromatic carbocycles. The molecule has 3 aromatic heterocycles. The van der Waals surface area contributed by atoms with Crippen LogP contribution >= 0.6 is 0 Å². The first-order valence-corrected chi connectivity index (χ1v) is 16.3. The van der Waals surface area contributed by atoms with Crippen LogP contribution < -0.4 is 16.0 Å². The number of nitro benzene ring substituents is 3. The molecule has 0 aliphatic rings. The average molecular weight is 718 g/mol. The van der Waals surface area contributed by atoms with Gasteiger partial charge in [0, 0.05) is 54.2 Å². The molecule has 0 radical (unpaired) electrons. The molecule has 0 amide bonds. The van der Waals surface area contributed by atoms with Crippen molar-refractivity contribution in [2.24, 2.45) is 0 Å². The van der Waals surface area contributed by atoms with E-state index in [2.05, 4.69) is 30.9 Å². The van der Waals surface area contributed by atoms with E-state index in [1.54, 1.807) is 128 Å². The maximum Gasteiger partial charge on any atom is 0.330 e. The zero-order valence-corrected chi connectivity index (χ0v) is 28.0. The number of rotatable bonds is 12. The van der Waals surface area contributed by atoms with Gasteiger partial charge in [0.25, 0.3) is 0 Å². The smallest absolute Gasteiger partial charge is 0.330 e. The van der Waals surface area contributed by atoms with Gasteiger partial charge in [0.15, 0.2) is 0 Å². The quantitative estimate of drug-likeness (QED) is 0.0798. The summed E-state index contributed by atoms with van der Waals surface area (Å²) in [5.41, 5.74) is 1.05. The molecule has 264 valence electrons. The summed E-state index contributed by atoms with van der Waals surface area (Å²) in [6, 6.07) is 30.7. The molecule has 0 unspecified atom stereocenters. The van der Waals surface area contributed by atoms with E-state index in [9.17, 15) is 30.3 Å². The second-order valence-electron chi connectivity index (χ2n) is 11.8. The normalized spacial score (nSPS) is 10.7. The third-order valence-corrected chi connectivity index (χ3v) is 8.42. The molecule has 0 atom stereocenters. The summed E-state index contributed by atoms with van der Waals surface area (Å²) >= 11 is 0. The molecule has 3 N–H and O–H groups in total. The Labute approximate surface area is 306 Å². The van der Waals surface area contributed by atoms with Crippen LogP contribution in [0.3, 0.4) is 0 Å². The topological polar surface area (TPSA) is 204 Å². The first-order valence-electron chi connectivity index (χ1n) is 16.3. The summed E-state index contributed by atoms with van der Waals surface area (Å²) in [7, 11) is 0. The molecule has 0 fully saturated rings. The molecular formula is C39H27N9O6. The predicted molar refractivity (Wildman–Crippen MR) is 205 cm³/mol. The highest BCUT2D eigenvalue weighted by molar-refractivity contribution is 6.03. The SMILES string of the molecule is O=[N+]([O-])c1c(Nc2ccc(-c3cccnc3)cc2)c([N+](=O)[O-])c(Nc2ccc(-c3cccnc3)cc2)c([N+](=O)[O-])c1Nc1ccc(-c2cccnc2)cc1. The van der Waals surface area contributed by atoms with Crippen molar-refractivity contribution in [2.75, 3.05) is 16.0 Å². The third kappa shape index (κ3) is 7.22. The minimum atomic E-state index is -0.904. The minimum Gasteiger partial charge on any atom is -0.344 e. The summed E-state index contributed by atoms with van der Waals surface area (Å²) in [4.78, 5) is 48.5. The highest BCUT2D eigenvalue weighted by atomic mass is 16.6. The summed E-state index contributed by atoms with van der Waals surface area (Å²) in [5, 5.41) is 47.3. The number of nitro groups is 3. The van der Waals surface area contributed by atoms with Crippen LogP contribution in [-0.2, 0) is 0 Å². The van der Waals surface area contributed by atoms with E-state index < -0.39 is 48.9 Å². The van der Waals surface area contributed by atoms with Gasteiger partial charge >= 0.3 is 17.1 Å². The lowest BCUT2D eigenvalue weighted by molar-refractivity contribution is -0.399. The van der Waals surface area contributed by atoms with Gasteiger partial charge in [-0.2, -0.15) is 0 Å². The van der Waals surface area contributed by atoms with Crippen molar-refractivity contribution in [1.29, 1.82) is 0 Å². The predicted octanol–water partition coefficient (Wildman–Crippen LogP) is 9.83. The lowest BCUT2D eigenvalue weighted by Gasteiger charge is -2.17. The zero-order valence-electron chi connectivity index (χ0n) is 28.0. The molecule has 0 bridgehead atoms. The number of hydrogen-bond donors (Lipinski definition) is 3. The maximum absolute atomic E-state index is 12.9. The van der Waals surface area contributed by atoms with Crippen LogP contribution in [-0.4, -0.2) is 29.7 Å². The minimum absolute atomic E-state index is 0.251. The largest absolute Gasteiger partial charge is 0.344 e. The van der Waals surface area contributed by atoms with E-state index in [1.807, 2.05) is 18.2 Å². The molecule has 7 aromatic rings. The van der Waals surface area contributed by atoms with Crippen LogP contribution in [0.2, 0.25) is 0 Å². The Morgan fingerprint density at radius 1 is 0.370 bits per heavy atom.